The van der Waals surface area contributed by atoms with Gasteiger partial charge in [-0.2, -0.15) is 0 Å². The molecular weight excluding hydrogens is 248 g/mol. The maximum atomic E-state index is 9.21. The molecular formula is C17H28N2O. The lowest BCUT2D eigenvalue weighted by Crippen LogP contribution is -2.47. The summed E-state index contributed by atoms with van der Waals surface area (Å²) < 4.78 is 0. The predicted octanol–water partition coefficient (Wildman–Crippen LogP) is 2.36. The van der Waals surface area contributed by atoms with E-state index in [4.69, 9.17) is 0 Å². The molecule has 0 aliphatic carbocycles. The zero-order valence-corrected chi connectivity index (χ0v) is 12.7. The molecule has 112 valence electrons. The van der Waals surface area contributed by atoms with Gasteiger partial charge in [-0.15, -0.1) is 0 Å². The summed E-state index contributed by atoms with van der Waals surface area (Å²) in [6.07, 6.45) is 3.88. The minimum atomic E-state index is 0.279. The zero-order valence-electron chi connectivity index (χ0n) is 12.7. The predicted molar refractivity (Wildman–Crippen MR) is 83.7 cm³/mol. The molecule has 0 bridgehead atoms. The van der Waals surface area contributed by atoms with Crippen molar-refractivity contribution in [2.24, 2.45) is 0 Å². The van der Waals surface area contributed by atoms with Gasteiger partial charge in [0.1, 0.15) is 0 Å². The standard InChI is InChI=1S/C17H28N2O/c1-2-18(14-16-8-4-3-5-9-16)15-17-10-6-7-11-19(17)12-13-20/h3-5,8-9,17,20H,2,6-7,10-15H2,1H3. The van der Waals surface area contributed by atoms with Gasteiger partial charge in [-0.25, -0.2) is 0 Å². The number of hydrogen-bond donors (Lipinski definition) is 1. The normalized spacial score (nSPS) is 20.4. The fourth-order valence-corrected chi connectivity index (χ4v) is 3.13. The summed E-state index contributed by atoms with van der Waals surface area (Å²) >= 11 is 0. The van der Waals surface area contributed by atoms with Crippen molar-refractivity contribution in [3.05, 3.63) is 35.9 Å². The van der Waals surface area contributed by atoms with Gasteiger partial charge in [-0.3, -0.25) is 9.80 Å². The Hall–Kier alpha value is -0.900. The number of piperidine rings is 1. The van der Waals surface area contributed by atoms with E-state index in [-0.39, 0.29) is 6.61 Å². The van der Waals surface area contributed by atoms with Gasteiger partial charge < -0.3 is 5.11 Å². The van der Waals surface area contributed by atoms with Crippen molar-refractivity contribution in [1.82, 2.24) is 9.80 Å². The van der Waals surface area contributed by atoms with Crippen LogP contribution in [0.1, 0.15) is 31.7 Å². The third-order valence-corrected chi connectivity index (χ3v) is 4.30. The number of nitrogens with zero attached hydrogens (tertiary/aromatic N) is 2. The lowest BCUT2D eigenvalue weighted by molar-refractivity contribution is 0.0848. The van der Waals surface area contributed by atoms with Crippen LogP contribution in [0.25, 0.3) is 0 Å². The van der Waals surface area contributed by atoms with Crippen LogP contribution in [0.3, 0.4) is 0 Å². The molecule has 1 aliphatic rings. The van der Waals surface area contributed by atoms with E-state index in [0.717, 1.165) is 32.7 Å². The number of likely N-dealkylation sites (tertiary alicyclic amines) is 1. The Morgan fingerprint density at radius 3 is 2.75 bits per heavy atom. The Morgan fingerprint density at radius 1 is 1.25 bits per heavy atom. The minimum Gasteiger partial charge on any atom is -0.395 e. The second kappa shape index (κ2) is 8.40. The quantitative estimate of drug-likeness (QED) is 0.828. The molecule has 2 rings (SSSR count). The van der Waals surface area contributed by atoms with Crippen LogP contribution in [0.5, 0.6) is 0 Å². The van der Waals surface area contributed by atoms with E-state index in [1.165, 1.54) is 24.8 Å². The number of rotatable bonds is 7. The molecule has 1 aromatic rings. The molecule has 1 aromatic carbocycles. The van der Waals surface area contributed by atoms with E-state index in [9.17, 15) is 5.11 Å². The van der Waals surface area contributed by atoms with E-state index >= 15 is 0 Å². The lowest BCUT2D eigenvalue weighted by Gasteiger charge is -2.38. The molecule has 3 heteroatoms. The van der Waals surface area contributed by atoms with Crippen molar-refractivity contribution in [2.75, 3.05) is 32.8 Å². The van der Waals surface area contributed by atoms with Crippen molar-refractivity contribution in [3.8, 4) is 0 Å². The number of aliphatic hydroxyl groups excluding tert-OH is 1. The van der Waals surface area contributed by atoms with Crippen LogP contribution in [0.15, 0.2) is 30.3 Å². The first-order valence-corrected chi connectivity index (χ1v) is 7.94. The van der Waals surface area contributed by atoms with Crippen LogP contribution in [0, 0.1) is 0 Å². The third kappa shape index (κ3) is 4.58. The number of β-amino-alcohol motifs (C(OH)–C–C–N with tert-alkyl or cyclic N) is 1. The average Bonchev–Trinajstić information content (AvgIpc) is 2.50. The highest BCUT2D eigenvalue weighted by Gasteiger charge is 2.23. The SMILES string of the molecule is CCN(Cc1ccccc1)CC1CCCCN1CCO. The first-order valence-electron chi connectivity index (χ1n) is 7.94. The molecule has 1 N–H and O–H groups in total. The van der Waals surface area contributed by atoms with Gasteiger partial charge in [0.2, 0.25) is 0 Å². The Bertz CT molecular complexity index is 367. The summed E-state index contributed by atoms with van der Waals surface area (Å²) in [5.41, 5.74) is 1.39. The summed E-state index contributed by atoms with van der Waals surface area (Å²) in [4.78, 5) is 4.99. The van der Waals surface area contributed by atoms with Crippen molar-refractivity contribution in [3.63, 3.8) is 0 Å². The summed E-state index contributed by atoms with van der Waals surface area (Å²) in [7, 11) is 0. The smallest absolute Gasteiger partial charge is 0.0558 e. The number of hydrogen-bond acceptors (Lipinski definition) is 3. The second-order valence-electron chi connectivity index (χ2n) is 5.72. The van der Waals surface area contributed by atoms with E-state index in [1.807, 2.05) is 0 Å². The van der Waals surface area contributed by atoms with E-state index in [0.29, 0.717) is 6.04 Å². The van der Waals surface area contributed by atoms with Crippen LogP contribution < -0.4 is 0 Å². The highest BCUT2D eigenvalue weighted by molar-refractivity contribution is 5.14. The van der Waals surface area contributed by atoms with Crippen LogP contribution in [-0.4, -0.2) is 53.7 Å². The van der Waals surface area contributed by atoms with Gasteiger partial charge in [-0.05, 0) is 31.5 Å². The topological polar surface area (TPSA) is 26.7 Å². The highest BCUT2D eigenvalue weighted by Crippen LogP contribution is 2.18. The first kappa shape index (κ1) is 15.5. The Labute approximate surface area is 123 Å². The lowest BCUT2D eigenvalue weighted by atomic mass is 10.0. The Kier molecular flexibility index (Phi) is 6.51. The van der Waals surface area contributed by atoms with Gasteiger partial charge >= 0.3 is 0 Å². The molecule has 1 unspecified atom stereocenters. The van der Waals surface area contributed by atoms with Crippen molar-refractivity contribution in [2.45, 2.75) is 38.8 Å². The molecule has 0 spiro atoms. The first-order chi connectivity index (χ1) is 9.83. The molecule has 1 aliphatic heterocycles. The monoisotopic (exact) mass is 276 g/mol. The van der Waals surface area contributed by atoms with Crippen molar-refractivity contribution in [1.29, 1.82) is 0 Å². The number of likely N-dealkylation sites (N-methyl/N-ethyl adjacent to an activating group) is 1. The molecule has 0 amide bonds. The van der Waals surface area contributed by atoms with Gasteiger partial charge in [0.15, 0.2) is 0 Å². The van der Waals surface area contributed by atoms with Crippen LogP contribution in [0.2, 0.25) is 0 Å². The number of benzene rings is 1. The van der Waals surface area contributed by atoms with Gasteiger partial charge in [0.25, 0.3) is 0 Å². The molecule has 1 atom stereocenters. The van der Waals surface area contributed by atoms with Crippen LogP contribution in [0.4, 0.5) is 0 Å². The average molecular weight is 276 g/mol. The molecule has 1 fully saturated rings. The molecule has 1 saturated heterocycles. The fraction of sp³-hybridized carbons (Fsp3) is 0.647. The summed E-state index contributed by atoms with van der Waals surface area (Å²) in [6, 6.07) is 11.3. The maximum Gasteiger partial charge on any atom is 0.0558 e. The van der Waals surface area contributed by atoms with Gasteiger partial charge in [-0.1, -0.05) is 43.7 Å². The number of aliphatic hydroxyl groups is 1. The van der Waals surface area contributed by atoms with Gasteiger partial charge in [0.05, 0.1) is 6.61 Å². The molecule has 3 nitrogen and oxygen atoms in total. The largest absolute Gasteiger partial charge is 0.395 e. The second-order valence-corrected chi connectivity index (χ2v) is 5.72. The van der Waals surface area contributed by atoms with Crippen molar-refractivity contribution < 1.29 is 5.11 Å². The van der Waals surface area contributed by atoms with Crippen LogP contribution >= 0.6 is 0 Å². The Morgan fingerprint density at radius 2 is 2.05 bits per heavy atom. The molecule has 20 heavy (non-hydrogen) atoms. The molecule has 1 heterocycles. The van der Waals surface area contributed by atoms with E-state index < -0.39 is 0 Å². The van der Waals surface area contributed by atoms with Crippen molar-refractivity contribution >= 4 is 0 Å². The van der Waals surface area contributed by atoms with Crippen LogP contribution in [-0.2, 0) is 6.54 Å². The fourth-order valence-electron chi connectivity index (χ4n) is 3.13. The third-order valence-electron chi connectivity index (χ3n) is 4.30. The molecule has 0 aromatic heterocycles. The minimum absolute atomic E-state index is 0.279. The summed E-state index contributed by atoms with van der Waals surface area (Å²) in [5, 5.41) is 9.21. The molecule has 0 radical (unpaired) electrons. The van der Waals surface area contributed by atoms with Gasteiger partial charge in [0, 0.05) is 25.7 Å². The summed E-state index contributed by atoms with van der Waals surface area (Å²) in [6.45, 7) is 7.72. The Balaban J connectivity index is 1.90. The zero-order chi connectivity index (χ0) is 14.2. The maximum absolute atomic E-state index is 9.21. The highest BCUT2D eigenvalue weighted by atomic mass is 16.3. The summed E-state index contributed by atoms with van der Waals surface area (Å²) in [5.74, 6) is 0. The molecule has 0 saturated carbocycles. The van der Waals surface area contributed by atoms with E-state index in [1.54, 1.807) is 0 Å². The van der Waals surface area contributed by atoms with E-state index in [2.05, 4.69) is 47.1 Å².